The van der Waals surface area contributed by atoms with Crippen molar-refractivity contribution in [3.05, 3.63) is 85.2 Å². The second-order valence-electron chi connectivity index (χ2n) is 5.81. The lowest BCUT2D eigenvalue weighted by Gasteiger charge is -2.10. The highest BCUT2D eigenvalue weighted by Gasteiger charge is 2.10. The van der Waals surface area contributed by atoms with Crippen LogP contribution in [0.1, 0.15) is 6.92 Å². The van der Waals surface area contributed by atoms with Gasteiger partial charge in [0.05, 0.1) is 0 Å². The van der Waals surface area contributed by atoms with Crippen molar-refractivity contribution in [3.63, 3.8) is 0 Å². The zero-order chi connectivity index (χ0) is 18.4. The van der Waals surface area contributed by atoms with Crippen LogP contribution in [0.5, 0.6) is 11.5 Å². The first-order chi connectivity index (χ1) is 12.7. The molecule has 26 heavy (non-hydrogen) atoms. The molecule has 0 saturated carbocycles. The largest absolute Gasteiger partial charge is 0.490 e. The first-order valence-electron chi connectivity index (χ1n) is 8.53. The number of ether oxygens (including phenoxy) is 2. The Bertz CT molecular complexity index is 927. The molecule has 0 atom stereocenters. The van der Waals surface area contributed by atoms with E-state index in [4.69, 9.17) is 9.47 Å². The molecular formula is C23H21FO2. The molecule has 0 unspecified atom stereocenters. The van der Waals surface area contributed by atoms with Crippen molar-refractivity contribution in [1.29, 1.82) is 0 Å². The number of hydrogen-bond donors (Lipinski definition) is 0. The number of halogens is 1. The highest BCUT2D eigenvalue weighted by Crippen LogP contribution is 2.31. The van der Waals surface area contributed by atoms with Crippen molar-refractivity contribution in [3.8, 4) is 22.6 Å². The molecular weight excluding hydrogens is 327 g/mol. The molecule has 3 heteroatoms. The lowest BCUT2D eigenvalue weighted by atomic mass is 10.00. The molecule has 3 aromatic carbocycles. The summed E-state index contributed by atoms with van der Waals surface area (Å²) < 4.78 is 26.1. The van der Waals surface area contributed by atoms with Gasteiger partial charge in [0.1, 0.15) is 30.5 Å². The summed E-state index contributed by atoms with van der Waals surface area (Å²) >= 11 is 0. The van der Waals surface area contributed by atoms with Gasteiger partial charge in [-0.1, -0.05) is 49.1 Å². The van der Waals surface area contributed by atoms with Gasteiger partial charge < -0.3 is 9.47 Å². The zero-order valence-corrected chi connectivity index (χ0v) is 14.7. The molecule has 0 radical (unpaired) electrons. The van der Waals surface area contributed by atoms with Crippen LogP contribution in [0.4, 0.5) is 4.39 Å². The summed E-state index contributed by atoms with van der Waals surface area (Å²) in [5, 5.41) is 1.39. The van der Waals surface area contributed by atoms with Crippen molar-refractivity contribution in [1.82, 2.24) is 0 Å². The first kappa shape index (κ1) is 17.7. The van der Waals surface area contributed by atoms with E-state index in [0.29, 0.717) is 24.2 Å². The lowest BCUT2D eigenvalue weighted by molar-refractivity contribution is 0.363. The predicted octanol–water partition coefficient (Wildman–Crippen LogP) is 6.17. The topological polar surface area (TPSA) is 18.5 Å². The van der Waals surface area contributed by atoms with E-state index < -0.39 is 0 Å². The Morgan fingerprint density at radius 1 is 0.923 bits per heavy atom. The summed E-state index contributed by atoms with van der Waals surface area (Å²) in [5.74, 6) is 1.23. The SMILES string of the molecule is C=CCOc1ccc(-c2ccc3cc(OCC=CC)ccc3c2F)cc1. The second-order valence-corrected chi connectivity index (χ2v) is 5.81. The van der Waals surface area contributed by atoms with Crippen LogP contribution >= 0.6 is 0 Å². The Hall–Kier alpha value is -3.07. The highest BCUT2D eigenvalue weighted by atomic mass is 19.1. The number of fused-ring (bicyclic) bond motifs is 1. The van der Waals surface area contributed by atoms with E-state index in [1.54, 1.807) is 24.3 Å². The molecule has 0 aromatic heterocycles. The van der Waals surface area contributed by atoms with E-state index >= 15 is 0 Å². The Morgan fingerprint density at radius 3 is 2.38 bits per heavy atom. The molecule has 0 amide bonds. The summed E-state index contributed by atoms with van der Waals surface area (Å²) in [7, 11) is 0. The van der Waals surface area contributed by atoms with E-state index in [0.717, 1.165) is 22.4 Å². The van der Waals surface area contributed by atoms with Gasteiger partial charge in [-0.15, -0.1) is 0 Å². The molecule has 0 saturated heterocycles. The van der Waals surface area contributed by atoms with Gasteiger partial charge >= 0.3 is 0 Å². The third-order valence-corrected chi connectivity index (χ3v) is 4.04. The van der Waals surface area contributed by atoms with E-state index in [1.165, 1.54) is 0 Å². The van der Waals surface area contributed by atoms with Gasteiger partial charge in [0.25, 0.3) is 0 Å². The van der Waals surface area contributed by atoms with Crippen LogP contribution in [0.3, 0.4) is 0 Å². The summed E-state index contributed by atoms with van der Waals surface area (Å²) in [5.41, 5.74) is 1.37. The minimum Gasteiger partial charge on any atom is -0.490 e. The van der Waals surface area contributed by atoms with Gasteiger partial charge in [-0.25, -0.2) is 4.39 Å². The van der Waals surface area contributed by atoms with Crippen molar-refractivity contribution in [2.75, 3.05) is 13.2 Å². The number of benzene rings is 3. The van der Waals surface area contributed by atoms with Crippen molar-refractivity contribution in [2.24, 2.45) is 0 Å². The fraction of sp³-hybridized carbons (Fsp3) is 0.130. The highest BCUT2D eigenvalue weighted by molar-refractivity contribution is 5.89. The second kappa shape index (κ2) is 8.34. The maximum atomic E-state index is 15.0. The van der Waals surface area contributed by atoms with Crippen LogP contribution in [0.15, 0.2) is 79.4 Å². The fourth-order valence-electron chi connectivity index (χ4n) is 2.71. The van der Waals surface area contributed by atoms with Crippen molar-refractivity contribution >= 4 is 10.8 Å². The molecule has 0 N–H and O–H groups in total. The quantitative estimate of drug-likeness (QED) is 0.476. The summed E-state index contributed by atoms with van der Waals surface area (Å²) in [6, 6.07) is 16.5. The van der Waals surface area contributed by atoms with Gasteiger partial charge in [-0.2, -0.15) is 0 Å². The maximum Gasteiger partial charge on any atom is 0.138 e. The van der Waals surface area contributed by atoms with Crippen LogP contribution < -0.4 is 9.47 Å². The molecule has 0 spiro atoms. The normalized spacial score (nSPS) is 11.0. The average Bonchev–Trinajstić information content (AvgIpc) is 2.67. The average molecular weight is 348 g/mol. The molecule has 3 aromatic rings. The van der Waals surface area contributed by atoms with Gasteiger partial charge in [0.2, 0.25) is 0 Å². The summed E-state index contributed by atoms with van der Waals surface area (Å²) in [6.45, 7) is 6.51. The van der Waals surface area contributed by atoms with Crippen molar-refractivity contribution < 1.29 is 13.9 Å². The van der Waals surface area contributed by atoms with Crippen LogP contribution in [0.25, 0.3) is 21.9 Å². The molecule has 0 aliphatic heterocycles. The molecule has 3 rings (SSSR count). The molecule has 2 nitrogen and oxygen atoms in total. The standard InChI is InChI=1S/C23H21FO2/c1-3-5-15-26-20-11-13-22-18(16-20)8-12-21(23(22)24)17-6-9-19(10-7-17)25-14-4-2/h3-13,16H,2,14-15H2,1H3. The Balaban J connectivity index is 1.89. The summed E-state index contributed by atoms with van der Waals surface area (Å²) in [6.07, 6.45) is 5.55. The Kier molecular flexibility index (Phi) is 5.69. The van der Waals surface area contributed by atoms with Crippen LogP contribution in [0, 0.1) is 5.82 Å². The minimum atomic E-state index is -0.234. The molecule has 0 aliphatic rings. The van der Waals surface area contributed by atoms with E-state index in [9.17, 15) is 4.39 Å². The van der Waals surface area contributed by atoms with Gasteiger partial charge in [0, 0.05) is 10.9 Å². The molecule has 0 bridgehead atoms. The molecule has 0 heterocycles. The lowest BCUT2D eigenvalue weighted by Crippen LogP contribution is -1.94. The molecule has 0 aliphatic carbocycles. The third kappa shape index (κ3) is 3.94. The number of rotatable bonds is 7. The number of allylic oxidation sites excluding steroid dienone is 1. The monoisotopic (exact) mass is 348 g/mol. The predicted molar refractivity (Wildman–Crippen MR) is 105 cm³/mol. The van der Waals surface area contributed by atoms with Crippen molar-refractivity contribution in [2.45, 2.75) is 6.92 Å². The van der Waals surface area contributed by atoms with Crippen LogP contribution in [-0.2, 0) is 0 Å². The minimum absolute atomic E-state index is 0.234. The van der Waals surface area contributed by atoms with Gasteiger partial charge in [0.15, 0.2) is 0 Å². The van der Waals surface area contributed by atoms with E-state index in [-0.39, 0.29) is 5.82 Å². The first-order valence-corrected chi connectivity index (χ1v) is 8.53. The number of hydrogen-bond acceptors (Lipinski definition) is 2. The summed E-state index contributed by atoms with van der Waals surface area (Å²) in [4.78, 5) is 0. The smallest absolute Gasteiger partial charge is 0.138 e. The Labute approximate surface area is 153 Å². The van der Waals surface area contributed by atoms with Crippen LogP contribution in [0.2, 0.25) is 0 Å². The van der Waals surface area contributed by atoms with Crippen LogP contribution in [-0.4, -0.2) is 13.2 Å². The fourth-order valence-corrected chi connectivity index (χ4v) is 2.71. The molecule has 132 valence electrons. The zero-order valence-electron chi connectivity index (χ0n) is 14.7. The third-order valence-electron chi connectivity index (χ3n) is 4.04. The van der Waals surface area contributed by atoms with Gasteiger partial charge in [-0.3, -0.25) is 0 Å². The Morgan fingerprint density at radius 2 is 1.65 bits per heavy atom. The van der Waals surface area contributed by atoms with E-state index in [2.05, 4.69) is 6.58 Å². The molecule has 0 fully saturated rings. The maximum absolute atomic E-state index is 15.0. The van der Waals surface area contributed by atoms with Gasteiger partial charge in [-0.05, 0) is 48.2 Å². The van der Waals surface area contributed by atoms with E-state index in [1.807, 2.05) is 55.5 Å².